The predicted octanol–water partition coefficient (Wildman–Crippen LogP) is 4.01. The topological polar surface area (TPSA) is 90.7 Å². The molecule has 8 nitrogen and oxygen atoms in total. The molecule has 0 N–H and O–H groups in total. The Morgan fingerprint density at radius 1 is 1.00 bits per heavy atom. The summed E-state index contributed by atoms with van der Waals surface area (Å²) >= 11 is 0. The summed E-state index contributed by atoms with van der Waals surface area (Å²) in [4.78, 5) is 39.8. The lowest BCUT2D eigenvalue weighted by Gasteiger charge is -2.23. The molecule has 8 heteroatoms. The number of carbonyl (C=O) groups is 3. The molecule has 0 spiro atoms. The molecular weight excluding hydrogens is 446 g/mol. The summed E-state index contributed by atoms with van der Waals surface area (Å²) in [6.07, 6.45) is 1.33. The Labute approximate surface area is 204 Å². The summed E-state index contributed by atoms with van der Waals surface area (Å²) in [5.41, 5.74) is 3.79. The van der Waals surface area contributed by atoms with Crippen molar-refractivity contribution in [1.82, 2.24) is 14.7 Å². The van der Waals surface area contributed by atoms with Gasteiger partial charge >= 0.3 is 11.9 Å². The van der Waals surface area contributed by atoms with Crippen LogP contribution in [0, 0.1) is 13.8 Å². The highest BCUT2D eigenvalue weighted by molar-refractivity contribution is 5.97. The first kappa shape index (κ1) is 24.2. The number of benzene rings is 2. The fourth-order valence-corrected chi connectivity index (χ4v) is 4.38. The van der Waals surface area contributed by atoms with Crippen molar-refractivity contribution in [3.05, 3.63) is 82.7 Å². The molecule has 1 aromatic heterocycles. The quantitative estimate of drug-likeness (QED) is 0.480. The summed E-state index contributed by atoms with van der Waals surface area (Å²) in [6.45, 7) is 6.31. The lowest BCUT2D eigenvalue weighted by atomic mass is 10.1. The van der Waals surface area contributed by atoms with Gasteiger partial charge in [-0.15, -0.1) is 0 Å². The number of hydrogen-bond acceptors (Lipinski definition) is 6. The van der Waals surface area contributed by atoms with Gasteiger partial charge in [-0.2, -0.15) is 5.10 Å². The third-order valence-electron chi connectivity index (χ3n) is 6.14. The van der Waals surface area contributed by atoms with Gasteiger partial charge in [0.1, 0.15) is 18.2 Å². The van der Waals surface area contributed by atoms with E-state index in [1.807, 2.05) is 30.3 Å². The van der Waals surface area contributed by atoms with Crippen LogP contribution in [0.5, 0.6) is 0 Å². The Morgan fingerprint density at radius 3 is 2.40 bits per heavy atom. The highest BCUT2D eigenvalue weighted by atomic mass is 16.5. The number of aromatic nitrogens is 2. The molecule has 1 aliphatic heterocycles. The molecule has 1 fully saturated rings. The zero-order valence-corrected chi connectivity index (χ0v) is 20.2. The molecule has 1 saturated heterocycles. The number of ether oxygens (including phenoxy) is 2. The SMILES string of the molecule is CCOC(=O)c1c(C)nn(-c2ccc(C(=O)N3CCC[C@H]3C(=O)OCc3ccccc3)cc2)c1C. The number of rotatable bonds is 7. The fraction of sp³-hybridized carbons (Fsp3) is 0.333. The van der Waals surface area contributed by atoms with E-state index in [1.165, 1.54) is 0 Å². The Balaban J connectivity index is 1.46. The van der Waals surface area contributed by atoms with Crippen LogP contribution in [0.3, 0.4) is 0 Å². The van der Waals surface area contributed by atoms with Gasteiger partial charge in [-0.05, 0) is 63.4 Å². The minimum Gasteiger partial charge on any atom is -0.462 e. The van der Waals surface area contributed by atoms with Crippen LogP contribution in [0.2, 0.25) is 0 Å². The highest BCUT2D eigenvalue weighted by Gasteiger charge is 2.35. The molecule has 1 aliphatic rings. The van der Waals surface area contributed by atoms with E-state index in [4.69, 9.17) is 9.47 Å². The van der Waals surface area contributed by atoms with E-state index in [0.717, 1.165) is 17.7 Å². The molecule has 182 valence electrons. The van der Waals surface area contributed by atoms with Crippen LogP contribution in [0.15, 0.2) is 54.6 Å². The zero-order valence-electron chi connectivity index (χ0n) is 20.2. The molecule has 4 rings (SSSR count). The minimum absolute atomic E-state index is 0.184. The zero-order chi connectivity index (χ0) is 24.9. The van der Waals surface area contributed by atoms with Gasteiger partial charge in [-0.1, -0.05) is 30.3 Å². The second-order valence-electron chi connectivity index (χ2n) is 8.47. The second kappa shape index (κ2) is 10.5. The number of hydrogen-bond donors (Lipinski definition) is 0. The molecule has 0 saturated carbocycles. The third-order valence-corrected chi connectivity index (χ3v) is 6.14. The molecule has 0 unspecified atom stereocenters. The number of carbonyl (C=O) groups excluding carboxylic acids is 3. The van der Waals surface area contributed by atoms with E-state index in [-0.39, 0.29) is 25.1 Å². The smallest absolute Gasteiger partial charge is 0.341 e. The average Bonchev–Trinajstić information content (AvgIpc) is 3.47. The number of amides is 1. The molecule has 3 aromatic rings. The van der Waals surface area contributed by atoms with E-state index >= 15 is 0 Å². The van der Waals surface area contributed by atoms with Crippen molar-refractivity contribution < 1.29 is 23.9 Å². The van der Waals surface area contributed by atoms with Gasteiger partial charge in [0.15, 0.2) is 0 Å². The second-order valence-corrected chi connectivity index (χ2v) is 8.47. The van der Waals surface area contributed by atoms with Gasteiger partial charge in [0.05, 0.1) is 23.7 Å². The molecule has 0 aliphatic carbocycles. The molecule has 2 heterocycles. The van der Waals surface area contributed by atoms with E-state index < -0.39 is 12.0 Å². The summed E-state index contributed by atoms with van der Waals surface area (Å²) in [5.74, 6) is -0.999. The lowest BCUT2D eigenvalue weighted by Crippen LogP contribution is -2.41. The van der Waals surface area contributed by atoms with E-state index in [2.05, 4.69) is 5.10 Å². The Kier molecular flexibility index (Phi) is 7.29. The number of nitrogens with zero attached hydrogens (tertiary/aromatic N) is 3. The molecule has 0 radical (unpaired) electrons. The van der Waals surface area contributed by atoms with Crippen LogP contribution in [-0.2, 0) is 20.9 Å². The predicted molar refractivity (Wildman–Crippen MR) is 129 cm³/mol. The maximum Gasteiger partial charge on any atom is 0.341 e. The van der Waals surface area contributed by atoms with Crippen LogP contribution >= 0.6 is 0 Å². The van der Waals surface area contributed by atoms with Gasteiger partial charge in [0, 0.05) is 12.1 Å². The number of aryl methyl sites for hydroxylation is 1. The summed E-state index contributed by atoms with van der Waals surface area (Å²) in [7, 11) is 0. The van der Waals surface area contributed by atoms with Crippen molar-refractivity contribution in [3.63, 3.8) is 0 Å². The third kappa shape index (κ3) is 5.11. The fourth-order valence-electron chi connectivity index (χ4n) is 4.38. The first-order chi connectivity index (χ1) is 16.9. The van der Waals surface area contributed by atoms with Crippen molar-refractivity contribution in [2.45, 2.75) is 46.3 Å². The van der Waals surface area contributed by atoms with Crippen molar-refractivity contribution in [1.29, 1.82) is 0 Å². The molecule has 35 heavy (non-hydrogen) atoms. The number of likely N-dealkylation sites (tertiary alicyclic amines) is 1. The standard InChI is InChI=1S/C27H29N3O5/c1-4-34-27(33)24-18(2)28-30(19(24)3)22-14-12-21(13-15-22)25(31)29-16-8-11-23(29)26(32)35-17-20-9-6-5-7-10-20/h5-7,9-10,12-15,23H,4,8,11,16-17H2,1-3H3/t23-/m0/s1. The van der Waals surface area contributed by atoms with E-state index in [0.29, 0.717) is 35.5 Å². The van der Waals surface area contributed by atoms with E-state index in [1.54, 1.807) is 54.6 Å². The van der Waals surface area contributed by atoms with Crippen molar-refractivity contribution in [2.24, 2.45) is 0 Å². The maximum absolute atomic E-state index is 13.2. The maximum atomic E-state index is 13.2. The van der Waals surface area contributed by atoms with Crippen molar-refractivity contribution >= 4 is 17.8 Å². The van der Waals surface area contributed by atoms with Gasteiger partial charge < -0.3 is 14.4 Å². The summed E-state index contributed by atoms with van der Waals surface area (Å²) in [6, 6.07) is 15.9. The Hall–Kier alpha value is -3.94. The van der Waals surface area contributed by atoms with Gasteiger partial charge in [-0.25, -0.2) is 14.3 Å². The Morgan fingerprint density at radius 2 is 1.71 bits per heavy atom. The normalized spacial score (nSPS) is 15.2. The van der Waals surface area contributed by atoms with Gasteiger partial charge in [0.2, 0.25) is 0 Å². The van der Waals surface area contributed by atoms with E-state index in [9.17, 15) is 14.4 Å². The monoisotopic (exact) mass is 475 g/mol. The molecule has 1 atom stereocenters. The minimum atomic E-state index is -0.589. The molecule has 0 bridgehead atoms. The van der Waals surface area contributed by atoms with Crippen LogP contribution in [0.4, 0.5) is 0 Å². The van der Waals surface area contributed by atoms with Crippen LogP contribution in [0.1, 0.15) is 57.4 Å². The first-order valence-electron chi connectivity index (χ1n) is 11.8. The number of esters is 2. The van der Waals surface area contributed by atoms with Crippen LogP contribution in [0.25, 0.3) is 5.69 Å². The van der Waals surface area contributed by atoms with Gasteiger partial charge in [-0.3, -0.25) is 4.79 Å². The molecule has 1 amide bonds. The van der Waals surface area contributed by atoms with Crippen LogP contribution in [-0.4, -0.2) is 51.7 Å². The molecule has 2 aromatic carbocycles. The Bertz CT molecular complexity index is 1220. The molecular formula is C27H29N3O5. The van der Waals surface area contributed by atoms with Crippen molar-refractivity contribution in [3.8, 4) is 5.69 Å². The highest BCUT2D eigenvalue weighted by Crippen LogP contribution is 2.24. The average molecular weight is 476 g/mol. The van der Waals surface area contributed by atoms with Crippen LogP contribution < -0.4 is 0 Å². The largest absolute Gasteiger partial charge is 0.462 e. The van der Waals surface area contributed by atoms with Gasteiger partial charge in [0.25, 0.3) is 5.91 Å². The summed E-state index contributed by atoms with van der Waals surface area (Å²) in [5, 5.41) is 4.48. The van der Waals surface area contributed by atoms with Crippen molar-refractivity contribution in [2.75, 3.05) is 13.2 Å². The first-order valence-corrected chi connectivity index (χ1v) is 11.8. The summed E-state index contributed by atoms with van der Waals surface area (Å²) < 4.78 is 12.3. The lowest BCUT2D eigenvalue weighted by molar-refractivity contribution is -0.149.